The Kier molecular flexibility index (Phi) is 6.06. The number of benzene rings is 2. The summed E-state index contributed by atoms with van der Waals surface area (Å²) in [6, 6.07) is 10.8. The summed E-state index contributed by atoms with van der Waals surface area (Å²) in [5.41, 5.74) is 3.07. The lowest BCUT2D eigenvalue weighted by Crippen LogP contribution is -2.27. The maximum absolute atomic E-state index is 12.8. The Balaban J connectivity index is 1.22. The molecule has 8 heteroatoms. The molecule has 2 fully saturated rings. The zero-order valence-electron chi connectivity index (χ0n) is 18.3. The first-order valence-corrected chi connectivity index (χ1v) is 12.2. The number of hydrogen-bond donors (Lipinski definition) is 3. The Labute approximate surface area is 202 Å². The zero-order chi connectivity index (χ0) is 23.1. The van der Waals surface area contributed by atoms with Crippen molar-refractivity contribution in [3.8, 4) is 0 Å². The van der Waals surface area contributed by atoms with Crippen molar-refractivity contribution >= 4 is 46.0 Å². The fourth-order valence-corrected chi connectivity index (χ4v) is 5.68. The molecule has 1 aliphatic carbocycles. The Bertz CT molecular complexity index is 1220. The van der Waals surface area contributed by atoms with Crippen molar-refractivity contribution in [1.82, 2.24) is 20.6 Å². The van der Waals surface area contributed by atoms with E-state index < -0.39 is 0 Å². The first-order valence-electron chi connectivity index (χ1n) is 11.4. The minimum atomic E-state index is -0.317. The number of aromatic nitrogens is 2. The van der Waals surface area contributed by atoms with Crippen molar-refractivity contribution in [2.45, 2.75) is 51.1 Å². The first-order chi connectivity index (χ1) is 15.9. The molecular weight excluding hydrogens is 459 g/mol. The third kappa shape index (κ3) is 4.46. The van der Waals surface area contributed by atoms with Crippen molar-refractivity contribution in [3.63, 3.8) is 0 Å². The van der Waals surface area contributed by atoms with Gasteiger partial charge in [-0.1, -0.05) is 35.7 Å². The number of halogens is 2. The molecule has 2 heterocycles. The molecule has 6 nitrogen and oxygen atoms in total. The fourth-order valence-electron chi connectivity index (χ4n) is 5.24. The molecule has 4 atom stereocenters. The number of fused-ring (bicyclic) bond motifs is 2. The van der Waals surface area contributed by atoms with Crippen molar-refractivity contribution in [2.24, 2.45) is 11.8 Å². The molecule has 2 amide bonds. The second kappa shape index (κ2) is 8.99. The summed E-state index contributed by atoms with van der Waals surface area (Å²) in [7, 11) is 0. The molecule has 1 saturated carbocycles. The van der Waals surface area contributed by atoms with Crippen LogP contribution in [-0.4, -0.2) is 27.8 Å². The van der Waals surface area contributed by atoms with Crippen LogP contribution in [-0.2, 0) is 11.2 Å². The van der Waals surface area contributed by atoms with Gasteiger partial charge in [0.05, 0.1) is 17.1 Å². The number of aromatic amines is 1. The Hall–Kier alpha value is -2.57. The summed E-state index contributed by atoms with van der Waals surface area (Å²) in [6.07, 6.45) is 4.91. The van der Waals surface area contributed by atoms with Crippen LogP contribution in [0, 0.1) is 11.8 Å². The van der Waals surface area contributed by atoms with Gasteiger partial charge in [0.25, 0.3) is 5.91 Å². The van der Waals surface area contributed by atoms with E-state index in [0.717, 1.165) is 42.3 Å². The first kappa shape index (κ1) is 22.2. The lowest BCUT2D eigenvalue weighted by Gasteiger charge is -2.16. The van der Waals surface area contributed by atoms with Gasteiger partial charge in [-0.05, 0) is 74.4 Å². The second-order valence-electron chi connectivity index (χ2n) is 9.14. The number of nitrogens with one attached hydrogen (secondary N) is 3. The molecule has 5 rings (SSSR count). The van der Waals surface area contributed by atoms with Gasteiger partial charge in [-0.15, -0.1) is 0 Å². The smallest absolute Gasteiger partial charge is 0.251 e. The van der Waals surface area contributed by atoms with E-state index in [0.29, 0.717) is 33.4 Å². The predicted octanol–water partition coefficient (Wildman–Crippen LogP) is 5.21. The van der Waals surface area contributed by atoms with Crippen LogP contribution in [0.1, 0.15) is 60.4 Å². The largest absolute Gasteiger partial charge is 0.353 e. The summed E-state index contributed by atoms with van der Waals surface area (Å²) >= 11 is 12.6. The van der Waals surface area contributed by atoms with Gasteiger partial charge in [0, 0.05) is 27.6 Å². The maximum Gasteiger partial charge on any atom is 0.251 e. The molecule has 33 heavy (non-hydrogen) atoms. The lowest BCUT2D eigenvalue weighted by atomic mass is 9.87. The summed E-state index contributed by atoms with van der Waals surface area (Å²) in [5.74, 6) is 1.13. The Morgan fingerprint density at radius 2 is 2.06 bits per heavy atom. The molecule has 0 bridgehead atoms. The van der Waals surface area contributed by atoms with Crippen molar-refractivity contribution in [2.75, 3.05) is 0 Å². The molecule has 0 spiro atoms. The van der Waals surface area contributed by atoms with Gasteiger partial charge in [0.15, 0.2) is 0 Å². The van der Waals surface area contributed by atoms with E-state index in [1.54, 1.807) is 18.2 Å². The van der Waals surface area contributed by atoms with Crippen LogP contribution in [0.4, 0.5) is 0 Å². The fraction of sp³-hybridized carbons (Fsp3) is 0.400. The van der Waals surface area contributed by atoms with Crippen molar-refractivity contribution < 1.29 is 9.59 Å². The highest BCUT2D eigenvalue weighted by Gasteiger charge is 2.43. The van der Waals surface area contributed by atoms with Crippen LogP contribution < -0.4 is 10.6 Å². The topological polar surface area (TPSA) is 86.9 Å². The third-order valence-corrected chi connectivity index (χ3v) is 7.60. The summed E-state index contributed by atoms with van der Waals surface area (Å²) in [5, 5.41) is 7.29. The molecule has 3 N–H and O–H groups in total. The van der Waals surface area contributed by atoms with E-state index in [1.165, 1.54) is 6.42 Å². The Morgan fingerprint density at radius 1 is 1.21 bits per heavy atom. The SMILES string of the molecule is CC(NC(=O)c1ccc(CCC2C(=O)NC3CCCC32)c(Cl)c1)c1nc2ccc(Cl)cc2[nH]1. The number of H-pyrrole nitrogens is 1. The third-order valence-electron chi connectivity index (χ3n) is 7.01. The van der Waals surface area contributed by atoms with Crippen LogP contribution in [0.3, 0.4) is 0 Å². The highest BCUT2D eigenvalue weighted by Crippen LogP contribution is 2.39. The van der Waals surface area contributed by atoms with Crippen LogP contribution in [0.5, 0.6) is 0 Å². The van der Waals surface area contributed by atoms with E-state index in [-0.39, 0.29) is 23.8 Å². The number of rotatable bonds is 6. The monoisotopic (exact) mass is 484 g/mol. The van der Waals surface area contributed by atoms with E-state index in [1.807, 2.05) is 25.1 Å². The number of carbonyl (C=O) groups is 2. The molecule has 2 aromatic carbocycles. The van der Waals surface area contributed by atoms with Gasteiger partial charge in [0.2, 0.25) is 5.91 Å². The zero-order valence-corrected chi connectivity index (χ0v) is 19.8. The van der Waals surface area contributed by atoms with Crippen LogP contribution in [0.15, 0.2) is 36.4 Å². The average Bonchev–Trinajstić information content (AvgIpc) is 3.47. The molecule has 2 aliphatic rings. The minimum Gasteiger partial charge on any atom is -0.353 e. The maximum atomic E-state index is 12.8. The molecule has 3 aromatic rings. The van der Waals surface area contributed by atoms with E-state index in [9.17, 15) is 9.59 Å². The molecule has 172 valence electrons. The average molecular weight is 485 g/mol. The van der Waals surface area contributed by atoms with Crippen LogP contribution in [0.25, 0.3) is 11.0 Å². The number of carbonyl (C=O) groups excluding carboxylic acids is 2. The summed E-state index contributed by atoms with van der Waals surface area (Å²) in [4.78, 5) is 32.9. The molecule has 1 aliphatic heterocycles. The number of nitrogens with zero attached hydrogens (tertiary/aromatic N) is 1. The summed E-state index contributed by atoms with van der Waals surface area (Å²) in [6.45, 7) is 1.87. The standard InChI is InChI=1S/C25H26Cl2N4O2/c1-13(23-29-21-10-8-16(26)12-22(21)30-23)28-24(32)15-6-5-14(19(27)11-15)7-9-18-17-3-2-4-20(17)31-25(18)33/h5-6,8,10-13,17-18,20H,2-4,7,9H2,1H3,(H,28,32)(H,29,30)(H,31,33). The molecule has 1 saturated heterocycles. The van der Waals surface area contributed by atoms with Gasteiger partial charge >= 0.3 is 0 Å². The Morgan fingerprint density at radius 3 is 2.88 bits per heavy atom. The molecule has 4 unspecified atom stereocenters. The van der Waals surface area contributed by atoms with Gasteiger partial charge in [0.1, 0.15) is 5.82 Å². The van der Waals surface area contributed by atoms with Crippen molar-refractivity contribution in [1.29, 1.82) is 0 Å². The second-order valence-corrected chi connectivity index (χ2v) is 9.98. The molecule has 0 radical (unpaired) electrons. The van der Waals surface area contributed by atoms with Crippen molar-refractivity contribution in [3.05, 3.63) is 63.4 Å². The predicted molar refractivity (Wildman–Crippen MR) is 130 cm³/mol. The van der Waals surface area contributed by atoms with Gasteiger partial charge < -0.3 is 15.6 Å². The molecular formula is C25H26Cl2N4O2. The van der Waals surface area contributed by atoms with E-state index >= 15 is 0 Å². The number of imidazole rings is 1. The highest BCUT2D eigenvalue weighted by atomic mass is 35.5. The van der Waals surface area contributed by atoms with Gasteiger partial charge in [-0.25, -0.2) is 4.98 Å². The van der Waals surface area contributed by atoms with Gasteiger partial charge in [-0.2, -0.15) is 0 Å². The van der Waals surface area contributed by atoms with Crippen LogP contribution in [0.2, 0.25) is 10.0 Å². The number of amides is 2. The lowest BCUT2D eigenvalue weighted by molar-refractivity contribution is -0.123. The van der Waals surface area contributed by atoms with Crippen LogP contribution >= 0.6 is 23.2 Å². The van der Waals surface area contributed by atoms with E-state index in [2.05, 4.69) is 20.6 Å². The highest BCUT2D eigenvalue weighted by molar-refractivity contribution is 6.32. The summed E-state index contributed by atoms with van der Waals surface area (Å²) < 4.78 is 0. The number of aryl methyl sites for hydroxylation is 1. The molecule has 1 aromatic heterocycles. The van der Waals surface area contributed by atoms with Gasteiger partial charge in [-0.3, -0.25) is 9.59 Å². The quantitative estimate of drug-likeness (QED) is 0.448. The number of hydrogen-bond acceptors (Lipinski definition) is 3. The minimum absolute atomic E-state index is 0.0658. The van der Waals surface area contributed by atoms with E-state index in [4.69, 9.17) is 23.2 Å². The normalized spacial score (nSPS) is 22.9.